The fraction of sp³-hybridized carbons (Fsp3) is 0.500. The van der Waals surface area contributed by atoms with Crippen LogP contribution in [-0.2, 0) is 4.74 Å². The van der Waals surface area contributed by atoms with Gasteiger partial charge in [-0.2, -0.15) is 5.10 Å². The standard InChI is InChI=1S/C8H12N3O4P/c1-4-15-8(12)6-7(11(13)14)5(2)10(9-6)16-3/h16H,4H2,1-3H3. The summed E-state index contributed by atoms with van der Waals surface area (Å²) in [5.74, 6) is -0.755. The summed E-state index contributed by atoms with van der Waals surface area (Å²) in [7, 11) is 0.227. The van der Waals surface area contributed by atoms with Gasteiger partial charge in [-0.05, 0) is 20.5 Å². The van der Waals surface area contributed by atoms with E-state index in [0.717, 1.165) is 0 Å². The minimum atomic E-state index is -0.755. The van der Waals surface area contributed by atoms with Crippen molar-refractivity contribution < 1.29 is 14.5 Å². The highest BCUT2D eigenvalue weighted by Crippen LogP contribution is 2.27. The van der Waals surface area contributed by atoms with Gasteiger partial charge in [0.25, 0.3) is 0 Å². The second-order valence-corrected chi connectivity index (χ2v) is 3.77. The average molecular weight is 245 g/mol. The first-order valence-corrected chi connectivity index (χ1v) is 6.06. The number of carbonyl (C=O) groups excluding carboxylic acids is 1. The van der Waals surface area contributed by atoms with Crippen molar-refractivity contribution in [2.75, 3.05) is 13.3 Å². The van der Waals surface area contributed by atoms with E-state index in [0.29, 0.717) is 5.69 Å². The van der Waals surface area contributed by atoms with Crippen molar-refractivity contribution in [1.82, 2.24) is 9.55 Å². The van der Waals surface area contributed by atoms with Crippen molar-refractivity contribution in [2.24, 2.45) is 0 Å². The molecule has 1 atom stereocenters. The fourth-order valence-corrected chi connectivity index (χ4v) is 1.91. The van der Waals surface area contributed by atoms with E-state index in [-0.39, 0.29) is 26.7 Å². The van der Waals surface area contributed by atoms with E-state index in [4.69, 9.17) is 4.74 Å². The van der Waals surface area contributed by atoms with E-state index >= 15 is 0 Å². The van der Waals surface area contributed by atoms with E-state index in [1.54, 1.807) is 13.8 Å². The van der Waals surface area contributed by atoms with E-state index in [9.17, 15) is 14.9 Å². The molecular weight excluding hydrogens is 233 g/mol. The molecule has 7 nitrogen and oxygen atoms in total. The Balaban J connectivity index is 3.27. The van der Waals surface area contributed by atoms with Crippen LogP contribution in [0.25, 0.3) is 0 Å². The normalized spacial score (nSPS) is 10.9. The molecule has 1 heterocycles. The van der Waals surface area contributed by atoms with Gasteiger partial charge in [-0.3, -0.25) is 10.1 Å². The number of carbonyl (C=O) groups is 1. The van der Waals surface area contributed by atoms with Crippen LogP contribution in [0, 0.1) is 17.0 Å². The topological polar surface area (TPSA) is 87.3 Å². The second-order valence-electron chi connectivity index (χ2n) is 2.90. The Labute approximate surface area is 93.8 Å². The molecule has 1 aromatic heterocycles. The highest BCUT2D eigenvalue weighted by Gasteiger charge is 2.30. The number of rotatable bonds is 4. The van der Waals surface area contributed by atoms with Crippen LogP contribution in [0.3, 0.4) is 0 Å². The van der Waals surface area contributed by atoms with Crippen molar-refractivity contribution in [3.63, 3.8) is 0 Å². The number of aromatic nitrogens is 2. The smallest absolute Gasteiger partial charge is 0.366 e. The fourth-order valence-electron chi connectivity index (χ4n) is 1.27. The molecule has 0 bridgehead atoms. The third-order valence-corrected chi connectivity index (χ3v) is 2.81. The third-order valence-electron chi connectivity index (χ3n) is 1.95. The number of esters is 1. The summed E-state index contributed by atoms with van der Waals surface area (Å²) in [4.78, 5) is 21.7. The van der Waals surface area contributed by atoms with Gasteiger partial charge in [-0.25, -0.2) is 9.25 Å². The zero-order valence-electron chi connectivity index (χ0n) is 9.18. The van der Waals surface area contributed by atoms with Gasteiger partial charge in [0, 0.05) is 8.73 Å². The molecule has 88 valence electrons. The number of ether oxygens (including phenoxy) is 1. The molecule has 0 radical (unpaired) electrons. The summed E-state index contributed by atoms with van der Waals surface area (Å²) in [6, 6.07) is 0. The molecule has 0 amide bonds. The van der Waals surface area contributed by atoms with Crippen molar-refractivity contribution in [2.45, 2.75) is 13.8 Å². The first-order chi connectivity index (χ1) is 7.52. The summed E-state index contributed by atoms with van der Waals surface area (Å²) in [6.45, 7) is 5.18. The molecule has 0 spiro atoms. The lowest BCUT2D eigenvalue weighted by atomic mass is 10.3. The lowest BCUT2D eigenvalue weighted by Gasteiger charge is -1.96. The highest BCUT2D eigenvalue weighted by atomic mass is 31.1. The van der Waals surface area contributed by atoms with E-state index in [2.05, 4.69) is 5.10 Å². The summed E-state index contributed by atoms with van der Waals surface area (Å²) < 4.78 is 6.15. The quantitative estimate of drug-likeness (QED) is 0.346. The maximum atomic E-state index is 11.5. The highest BCUT2D eigenvalue weighted by molar-refractivity contribution is 7.35. The van der Waals surface area contributed by atoms with E-state index in [1.807, 2.05) is 6.66 Å². The number of nitrogens with zero attached hydrogens (tertiary/aromatic N) is 3. The zero-order valence-corrected chi connectivity index (χ0v) is 10.2. The van der Waals surface area contributed by atoms with Crippen LogP contribution >= 0.6 is 8.73 Å². The van der Waals surface area contributed by atoms with Crippen LogP contribution in [0.4, 0.5) is 5.69 Å². The first kappa shape index (κ1) is 12.6. The third kappa shape index (κ3) is 2.19. The van der Waals surface area contributed by atoms with Crippen LogP contribution < -0.4 is 0 Å². The van der Waals surface area contributed by atoms with Crippen LogP contribution in [0.1, 0.15) is 23.1 Å². The van der Waals surface area contributed by atoms with E-state index in [1.165, 1.54) is 4.45 Å². The molecule has 0 aliphatic heterocycles. The summed E-state index contributed by atoms with van der Waals surface area (Å²) in [6.07, 6.45) is 0. The molecule has 0 saturated carbocycles. The number of hydrogen-bond donors (Lipinski definition) is 0. The predicted octanol–water partition coefficient (Wildman–Crippen LogP) is 1.35. The molecule has 0 fully saturated rings. The molecule has 1 unspecified atom stereocenters. The molecule has 16 heavy (non-hydrogen) atoms. The Kier molecular flexibility index (Phi) is 3.95. The van der Waals surface area contributed by atoms with Gasteiger partial charge in [0.1, 0.15) is 5.69 Å². The molecule has 1 rings (SSSR count). The van der Waals surface area contributed by atoms with Crippen molar-refractivity contribution >= 4 is 20.4 Å². The van der Waals surface area contributed by atoms with Crippen molar-refractivity contribution in [3.05, 3.63) is 21.5 Å². The van der Waals surface area contributed by atoms with Gasteiger partial charge in [-0.1, -0.05) is 0 Å². The first-order valence-electron chi connectivity index (χ1n) is 4.61. The second kappa shape index (κ2) is 5.03. The van der Waals surface area contributed by atoms with Gasteiger partial charge in [0.05, 0.1) is 11.5 Å². The Hall–Kier alpha value is -1.49. The molecular formula is C8H12N3O4P. The monoisotopic (exact) mass is 245 g/mol. The largest absolute Gasteiger partial charge is 0.461 e. The Morgan fingerprint density at radius 3 is 2.75 bits per heavy atom. The molecule has 1 aromatic rings. The Bertz CT molecular complexity index is 429. The van der Waals surface area contributed by atoms with Gasteiger partial charge in [0.15, 0.2) is 0 Å². The van der Waals surface area contributed by atoms with Crippen LogP contribution in [0.5, 0.6) is 0 Å². The molecule has 0 aliphatic rings. The summed E-state index contributed by atoms with van der Waals surface area (Å²) in [5.41, 5.74) is -0.125. The maximum Gasteiger partial charge on any atom is 0.366 e. The maximum absolute atomic E-state index is 11.5. The molecule has 0 aliphatic carbocycles. The lowest BCUT2D eigenvalue weighted by Crippen LogP contribution is -2.08. The Morgan fingerprint density at radius 2 is 2.31 bits per heavy atom. The molecule has 0 saturated heterocycles. The lowest BCUT2D eigenvalue weighted by molar-refractivity contribution is -0.385. The van der Waals surface area contributed by atoms with Gasteiger partial charge < -0.3 is 4.74 Å². The van der Waals surface area contributed by atoms with Crippen LogP contribution in [0.2, 0.25) is 0 Å². The van der Waals surface area contributed by atoms with Crippen molar-refractivity contribution in [1.29, 1.82) is 0 Å². The molecule has 0 N–H and O–H groups in total. The van der Waals surface area contributed by atoms with Crippen LogP contribution in [0.15, 0.2) is 0 Å². The van der Waals surface area contributed by atoms with Crippen molar-refractivity contribution in [3.8, 4) is 0 Å². The van der Waals surface area contributed by atoms with Gasteiger partial charge >= 0.3 is 11.7 Å². The Morgan fingerprint density at radius 1 is 1.69 bits per heavy atom. The SMILES string of the molecule is CCOC(=O)c1nn(PC)c(C)c1[N+](=O)[O-]. The molecule has 8 heteroatoms. The summed E-state index contributed by atoms with van der Waals surface area (Å²) >= 11 is 0. The van der Waals surface area contributed by atoms with Gasteiger partial charge in [-0.15, -0.1) is 0 Å². The predicted molar refractivity (Wildman–Crippen MR) is 59.2 cm³/mol. The van der Waals surface area contributed by atoms with Crippen LogP contribution in [-0.4, -0.2) is 33.7 Å². The zero-order chi connectivity index (χ0) is 12.3. The average Bonchev–Trinajstić information content (AvgIpc) is 2.55. The minimum absolute atomic E-state index is 0.163. The van der Waals surface area contributed by atoms with E-state index < -0.39 is 10.9 Å². The minimum Gasteiger partial charge on any atom is -0.461 e. The molecule has 0 aromatic carbocycles. The summed E-state index contributed by atoms with van der Waals surface area (Å²) in [5, 5.41) is 14.7. The number of hydrogen-bond acceptors (Lipinski definition) is 5. The van der Waals surface area contributed by atoms with Gasteiger partial charge in [0.2, 0.25) is 5.69 Å². The number of nitro groups is 1.